The molecule has 0 saturated carbocycles. The Morgan fingerprint density at radius 1 is 1.21 bits per heavy atom. The van der Waals surface area contributed by atoms with Crippen molar-refractivity contribution in [3.63, 3.8) is 0 Å². The minimum absolute atomic E-state index is 0.232. The number of carbonyl (C=O) groups excluding carboxylic acids is 1. The van der Waals surface area contributed by atoms with Gasteiger partial charge in [-0.1, -0.05) is 18.2 Å². The SMILES string of the molecule is N#CCCn1cc(C=CC(=O)Nc2ccc(-c3nnco3)cc2)c2ccccc21. The van der Waals surface area contributed by atoms with Gasteiger partial charge < -0.3 is 14.3 Å². The maximum atomic E-state index is 12.3. The minimum Gasteiger partial charge on any atom is -0.423 e. The Balaban J connectivity index is 1.48. The summed E-state index contributed by atoms with van der Waals surface area (Å²) in [6.45, 7) is 0.615. The van der Waals surface area contributed by atoms with Crippen molar-refractivity contribution in [3.05, 3.63) is 72.8 Å². The molecule has 7 heteroatoms. The van der Waals surface area contributed by atoms with Crippen molar-refractivity contribution in [2.75, 3.05) is 5.32 Å². The summed E-state index contributed by atoms with van der Waals surface area (Å²) in [5.41, 5.74) is 3.42. The molecular formula is C22H17N5O2. The van der Waals surface area contributed by atoms with Crippen LogP contribution >= 0.6 is 0 Å². The molecule has 0 radical (unpaired) electrons. The van der Waals surface area contributed by atoms with Gasteiger partial charge in [-0.3, -0.25) is 4.79 Å². The number of fused-ring (bicyclic) bond motifs is 1. The van der Waals surface area contributed by atoms with Crippen molar-refractivity contribution in [2.24, 2.45) is 0 Å². The molecule has 0 atom stereocenters. The molecule has 0 saturated heterocycles. The number of nitrogens with zero attached hydrogens (tertiary/aromatic N) is 4. The number of nitrogens with one attached hydrogen (secondary N) is 1. The third kappa shape index (κ3) is 4.06. The molecule has 0 aliphatic rings. The Labute approximate surface area is 166 Å². The third-order valence-electron chi connectivity index (χ3n) is 4.46. The number of aryl methyl sites for hydroxylation is 1. The second-order valence-corrected chi connectivity index (χ2v) is 6.35. The molecule has 0 aliphatic heterocycles. The molecule has 29 heavy (non-hydrogen) atoms. The Bertz CT molecular complexity index is 1200. The molecule has 0 spiro atoms. The zero-order valence-corrected chi connectivity index (χ0v) is 15.4. The lowest BCUT2D eigenvalue weighted by Gasteiger charge is -2.02. The zero-order valence-electron chi connectivity index (χ0n) is 15.4. The molecule has 0 unspecified atom stereocenters. The Kier molecular flexibility index (Phi) is 5.16. The number of para-hydroxylation sites is 1. The molecule has 2 heterocycles. The largest absolute Gasteiger partial charge is 0.423 e. The van der Waals surface area contributed by atoms with Gasteiger partial charge in [-0.15, -0.1) is 10.2 Å². The van der Waals surface area contributed by atoms with Gasteiger partial charge in [-0.2, -0.15) is 5.26 Å². The minimum atomic E-state index is -0.232. The first-order chi connectivity index (χ1) is 14.2. The number of benzene rings is 2. The summed E-state index contributed by atoms with van der Waals surface area (Å²) in [5.74, 6) is 0.194. The number of carbonyl (C=O) groups is 1. The molecule has 0 bridgehead atoms. The quantitative estimate of drug-likeness (QED) is 0.502. The molecule has 2 aromatic heterocycles. The van der Waals surface area contributed by atoms with E-state index in [0.717, 1.165) is 22.0 Å². The highest BCUT2D eigenvalue weighted by Gasteiger charge is 2.07. The van der Waals surface area contributed by atoms with Crippen LogP contribution in [0.1, 0.15) is 12.0 Å². The van der Waals surface area contributed by atoms with Crippen LogP contribution in [0.5, 0.6) is 0 Å². The maximum Gasteiger partial charge on any atom is 0.248 e. The van der Waals surface area contributed by atoms with Gasteiger partial charge in [0.1, 0.15) is 0 Å². The predicted octanol–water partition coefficient (Wildman–Crippen LogP) is 4.26. The summed E-state index contributed by atoms with van der Waals surface area (Å²) >= 11 is 0. The molecule has 7 nitrogen and oxygen atoms in total. The van der Waals surface area contributed by atoms with Crippen LogP contribution in [0.2, 0.25) is 0 Å². The van der Waals surface area contributed by atoms with E-state index in [2.05, 4.69) is 21.6 Å². The van der Waals surface area contributed by atoms with Crippen molar-refractivity contribution >= 4 is 28.6 Å². The first-order valence-corrected chi connectivity index (χ1v) is 9.05. The standard InChI is InChI=1S/C22H17N5O2/c23-12-3-13-27-14-17(19-4-1-2-5-20(19)27)8-11-21(28)25-18-9-6-16(7-10-18)22-26-24-15-29-22/h1-2,4-11,14-15H,3,13H2,(H,25,28). The van der Waals surface area contributed by atoms with Crippen LogP contribution in [0.25, 0.3) is 28.4 Å². The monoisotopic (exact) mass is 383 g/mol. The third-order valence-corrected chi connectivity index (χ3v) is 4.46. The van der Waals surface area contributed by atoms with Crippen molar-refractivity contribution in [1.82, 2.24) is 14.8 Å². The van der Waals surface area contributed by atoms with E-state index in [9.17, 15) is 4.79 Å². The molecule has 0 fully saturated rings. The molecule has 1 N–H and O–H groups in total. The molecular weight excluding hydrogens is 366 g/mol. The van der Waals surface area contributed by atoms with Crippen LogP contribution in [0, 0.1) is 11.3 Å². The molecule has 2 aromatic carbocycles. The number of aromatic nitrogens is 3. The second-order valence-electron chi connectivity index (χ2n) is 6.35. The summed E-state index contributed by atoms with van der Waals surface area (Å²) in [6, 6.07) is 17.3. The Hall–Kier alpha value is -4.18. The van der Waals surface area contributed by atoms with Crippen LogP contribution in [0.15, 0.2) is 71.6 Å². The van der Waals surface area contributed by atoms with E-state index in [1.54, 1.807) is 30.3 Å². The second kappa shape index (κ2) is 8.23. The van der Waals surface area contributed by atoms with Gasteiger partial charge in [-0.05, 0) is 36.4 Å². The van der Waals surface area contributed by atoms with E-state index in [-0.39, 0.29) is 5.91 Å². The van der Waals surface area contributed by atoms with E-state index in [4.69, 9.17) is 9.68 Å². The fraction of sp³-hybridized carbons (Fsp3) is 0.0909. The summed E-state index contributed by atoms with van der Waals surface area (Å²) in [6.07, 6.45) is 6.95. The number of hydrogen-bond acceptors (Lipinski definition) is 5. The predicted molar refractivity (Wildman–Crippen MR) is 110 cm³/mol. The number of anilines is 1. The maximum absolute atomic E-state index is 12.3. The van der Waals surface area contributed by atoms with Crippen molar-refractivity contribution < 1.29 is 9.21 Å². The molecule has 142 valence electrons. The highest BCUT2D eigenvalue weighted by Crippen LogP contribution is 2.23. The van der Waals surface area contributed by atoms with E-state index < -0.39 is 0 Å². The van der Waals surface area contributed by atoms with Crippen LogP contribution < -0.4 is 5.32 Å². The Morgan fingerprint density at radius 3 is 2.79 bits per heavy atom. The number of hydrogen-bond donors (Lipinski definition) is 1. The van der Waals surface area contributed by atoms with Crippen LogP contribution in [0.3, 0.4) is 0 Å². The van der Waals surface area contributed by atoms with E-state index in [1.165, 1.54) is 12.5 Å². The topological polar surface area (TPSA) is 96.7 Å². The van der Waals surface area contributed by atoms with E-state index in [0.29, 0.717) is 24.5 Å². The first kappa shape index (κ1) is 18.2. The molecule has 1 amide bonds. The Morgan fingerprint density at radius 2 is 2.03 bits per heavy atom. The summed E-state index contributed by atoms with van der Waals surface area (Å²) < 4.78 is 7.18. The average Bonchev–Trinajstić information content (AvgIpc) is 3.40. The lowest BCUT2D eigenvalue weighted by Crippen LogP contribution is -2.07. The van der Waals surface area contributed by atoms with Gasteiger partial charge in [0, 0.05) is 46.5 Å². The lowest BCUT2D eigenvalue weighted by molar-refractivity contribution is -0.111. The van der Waals surface area contributed by atoms with Crippen LogP contribution in [0.4, 0.5) is 5.69 Å². The number of amides is 1. The molecule has 4 rings (SSSR count). The smallest absolute Gasteiger partial charge is 0.248 e. The average molecular weight is 383 g/mol. The van der Waals surface area contributed by atoms with Crippen molar-refractivity contribution in [3.8, 4) is 17.5 Å². The highest BCUT2D eigenvalue weighted by molar-refractivity contribution is 6.03. The first-order valence-electron chi connectivity index (χ1n) is 9.05. The van der Waals surface area contributed by atoms with Gasteiger partial charge in [0.15, 0.2) is 0 Å². The highest BCUT2D eigenvalue weighted by atomic mass is 16.4. The fourth-order valence-electron chi connectivity index (χ4n) is 3.11. The van der Waals surface area contributed by atoms with Crippen molar-refractivity contribution in [2.45, 2.75) is 13.0 Å². The number of nitriles is 1. The van der Waals surface area contributed by atoms with Crippen LogP contribution in [-0.2, 0) is 11.3 Å². The van der Waals surface area contributed by atoms with Crippen molar-refractivity contribution in [1.29, 1.82) is 5.26 Å². The summed E-state index contributed by atoms with van der Waals surface area (Å²) in [7, 11) is 0. The molecule has 4 aromatic rings. The van der Waals surface area contributed by atoms with Gasteiger partial charge in [-0.25, -0.2) is 0 Å². The van der Waals surface area contributed by atoms with E-state index >= 15 is 0 Å². The zero-order chi connectivity index (χ0) is 20.1. The normalized spacial score (nSPS) is 11.0. The number of rotatable bonds is 6. The van der Waals surface area contributed by atoms with Gasteiger partial charge >= 0.3 is 0 Å². The van der Waals surface area contributed by atoms with Crippen LogP contribution in [-0.4, -0.2) is 20.7 Å². The summed E-state index contributed by atoms with van der Waals surface area (Å²) in [5, 5.41) is 20.2. The summed E-state index contributed by atoms with van der Waals surface area (Å²) in [4.78, 5) is 12.3. The van der Waals surface area contributed by atoms with Gasteiger partial charge in [0.2, 0.25) is 18.2 Å². The van der Waals surface area contributed by atoms with Gasteiger partial charge in [0.25, 0.3) is 0 Å². The van der Waals surface area contributed by atoms with E-state index in [1.807, 2.05) is 35.0 Å². The molecule has 0 aliphatic carbocycles. The van der Waals surface area contributed by atoms with Gasteiger partial charge in [0.05, 0.1) is 12.5 Å². The fourth-order valence-corrected chi connectivity index (χ4v) is 3.11. The lowest BCUT2D eigenvalue weighted by atomic mass is 10.1.